The first-order valence-electron chi connectivity index (χ1n) is 4.49. The van der Waals surface area contributed by atoms with Gasteiger partial charge in [-0.25, -0.2) is 4.68 Å². The van der Waals surface area contributed by atoms with Crippen LogP contribution < -0.4 is 10.5 Å². The first-order chi connectivity index (χ1) is 6.15. The van der Waals surface area contributed by atoms with Crippen LogP contribution in [0.25, 0.3) is 0 Å². The summed E-state index contributed by atoms with van der Waals surface area (Å²) in [7, 11) is 1.86. The van der Waals surface area contributed by atoms with E-state index in [9.17, 15) is 0 Å². The average Bonchev–Trinajstić information content (AvgIpc) is 2.43. The molecule has 0 bridgehead atoms. The Balaban J connectivity index is 2.68. The molecular formula is C9H17N3O. The minimum atomic E-state index is 0.473. The van der Waals surface area contributed by atoms with Gasteiger partial charge in [-0.2, -0.15) is 5.10 Å². The fraction of sp³-hybridized carbons (Fsp3) is 0.667. The monoisotopic (exact) mass is 183 g/mol. The summed E-state index contributed by atoms with van der Waals surface area (Å²) in [6.45, 7) is 5.39. The van der Waals surface area contributed by atoms with E-state index in [1.165, 1.54) is 0 Å². The van der Waals surface area contributed by atoms with Crippen LogP contribution in [0.5, 0.6) is 5.88 Å². The van der Waals surface area contributed by atoms with Crippen molar-refractivity contribution in [2.45, 2.75) is 20.4 Å². The van der Waals surface area contributed by atoms with Gasteiger partial charge in [-0.05, 0) is 5.92 Å². The smallest absolute Gasteiger partial charge is 0.216 e. The first-order valence-corrected chi connectivity index (χ1v) is 4.49. The molecule has 4 nitrogen and oxygen atoms in total. The summed E-state index contributed by atoms with van der Waals surface area (Å²) in [5.74, 6) is 1.30. The molecule has 0 fully saturated rings. The van der Waals surface area contributed by atoms with Crippen LogP contribution in [0.2, 0.25) is 0 Å². The van der Waals surface area contributed by atoms with Gasteiger partial charge in [0.15, 0.2) is 0 Å². The summed E-state index contributed by atoms with van der Waals surface area (Å²) in [6, 6.07) is 0. The van der Waals surface area contributed by atoms with Crippen LogP contribution in [0.15, 0.2) is 6.20 Å². The molecule has 0 saturated heterocycles. The van der Waals surface area contributed by atoms with E-state index >= 15 is 0 Å². The quantitative estimate of drug-likeness (QED) is 0.755. The fourth-order valence-electron chi connectivity index (χ4n) is 1.04. The van der Waals surface area contributed by atoms with Crippen molar-refractivity contribution in [1.29, 1.82) is 0 Å². The van der Waals surface area contributed by atoms with E-state index in [0.717, 1.165) is 11.4 Å². The van der Waals surface area contributed by atoms with E-state index in [-0.39, 0.29) is 0 Å². The molecule has 0 saturated carbocycles. The number of aryl methyl sites for hydroxylation is 1. The Morgan fingerprint density at radius 3 is 2.85 bits per heavy atom. The van der Waals surface area contributed by atoms with Gasteiger partial charge in [-0.1, -0.05) is 13.8 Å². The molecule has 2 N–H and O–H groups in total. The first kappa shape index (κ1) is 10.1. The zero-order chi connectivity index (χ0) is 9.84. The standard InChI is InChI=1S/C9H17N3O/c1-7(2)6-13-9-8(4-10)5-11-12(9)3/h5,7H,4,6,10H2,1-3H3. The summed E-state index contributed by atoms with van der Waals surface area (Å²) in [5, 5.41) is 4.08. The number of hydrogen-bond acceptors (Lipinski definition) is 3. The highest BCUT2D eigenvalue weighted by Crippen LogP contribution is 2.16. The molecule has 0 aliphatic heterocycles. The summed E-state index contributed by atoms with van der Waals surface area (Å²) < 4.78 is 7.29. The second-order valence-electron chi connectivity index (χ2n) is 3.51. The van der Waals surface area contributed by atoms with Crippen LogP contribution in [0.1, 0.15) is 19.4 Å². The fourth-order valence-corrected chi connectivity index (χ4v) is 1.04. The van der Waals surface area contributed by atoms with E-state index in [1.54, 1.807) is 10.9 Å². The lowest BCUT2D eigenvalue weighted by atomic mass is 10.2. The maximum atomic E-state index is 5.58. The number of ether oxygens (including phenoxy) is 1. The Kier molecular flexibility index (Phi) is 3.31. The number of nitrogens with zero attached hydrogens (tertiary/aromatic N) is 2. The SMILES string of the molecule is CC(C)COc1c(CN)cnn1C. The molecule has 74 valence electrons. The topological polar surface area (TPSA) is 53.1 Å². The van der Waals surface area contributed by atoms with Crippen LogP contribution in [0.3, 0.4) is 0 Å². The predicted molar refractivity (Wildman–Crippen MR) is 51.4 cm³/mol. The molecule has 0 atom stereocenters. The lowest BCUT2D eigenvalue weighted by Crippen LogP contribution is -2.09. The van der Waals surface area contributed by atoms with Crippen LogP contribution >= 0.6 is 0 Å². The summed E-state index contributed by atoms with van der Waals surface area (Å²) in [4.78, 5) is 0. The van der Waals surface area contributed by atoms with Crippen molar-refractivity contribution in [3.8, 4) is 5.88 Å². The van der Waals surface area contributed by atoms with Crippen molar-refractivity contribution >= 4 is 0 Å². The number of nitrogens with two attached hydrogens (primary N) is 1. The molecule has 1 aromatic heterocycles. The Hall–Kier alpha value is -1.03. The molecular weight excluding hydrogens is 166 g/mol. The molecule has 13 heavy (non-hydrogen) atoms. The average molecular weight is 183 g/mol. The van der Waals surface area contributed by atoms with Gasteiger partial charge in [-0.15, -0.1) is 0 Å². The maximum absolute atomic E-state index is 5.58. The highest BCUT2D eigenvalue weighted by atomic mass is 16.5. The second kappa shape index (κ2) is 4.28. The third-order valence-electron chi connectivity index (χ3n) is 1.73. The van der Waals surface area contributed by atoms with E-state index in [4.69, 9.17) is 10.5 Å². The van der Waals surface area contributed by atoms with Crippen molar-refractivity contribution in [2.24, 2.45) is 18.7 Å². The van der Waals surface area contributed by atoms with Crippen LogP contribution in [-0.2, 0) is 13.6 Å². The molecule has 1 rings (SSSR count). The van der Waals surface area contributed by atoms with Gasteiger partial charge in [0.25, 0.3) is 0 Å². The molecule has 1 heterocycles. The molecule has 0 radical (unpaired) electrons. The van der Waals surface area contributed by atoms with Gasteiger partial charge in [0.05, 0.1) is 12.8 Å². The van der Waals surface area contributed by atoms with Gasteiger partial charge < -0.3 is 10.5 Å². The van der Waals surface area contributed by atoms with Crippen molar-refractivity contribution in [3.05, 3.63) is 11.8 Å². The van der Waals surface area contributed by atoms with Gasteiger partial charge in [0.2, 0.25) is 5.88 Å². The van der Waals surface area contributed by atoms with E-state index < -0.39 is 0 Å². The van der Waals surface area contributed by atoms with E-state index in [1.807, 2.05) is 7.05 Å². The normalized spacial score (nSPS) is 10.8. The van der Waals surface area contributed by atoms with Gasteiger partial charge in [0.1, 0.15) is 0 Å². The summed E-state index contributed by atoms with van der Waals surface area (Å²) >= 11 is 0. The molecule has 0 unspecified atom stereocenters. The molecule has 0 amide bonds. The van der Waals surface area contributed by atoms with Gasteiger partial charge >= 0.3 is 0 Å². The molecule has 1 aromatic rings. The molecule has 0 spiro atoms. The van der Waals surface area contributed by atoms with Gasteiger partial charge in [0, 0.05) is 19.2 Å². The van der Waals surface area contributed by atoms with E-state index in [0.29, 0.717) is 19.1 Å². The molecule has 0 aliphatic rings. The maximum Gasteiger partial charge on any atom is 0.216 e. The summed E-state index contributed by atoms with van der Waals surface area (Å²) in [6.07, 6.45) is 1.75. The number of rotatable bonds is 4. The number of hydrogen-bond donors (Lipinski definition) is 1. The van der Waals surface area contributed by atoms with Crippen molar-refractivity contribution in [3.63, 3.8) is 0 Å². The van der Waals surface area contributed by atoms with Crippen molar-refractivity contribution in [2.75, 3.05) is 6.61 Å². The Labute approximate surface area is 78.7 Å². The highest BCUT2D eigenvalue weighted by molar-refractivity contribution is 5.23. The van der Waals surface area contributed by atoms with Crippen LogP contribution in [-0.4, -0.2) is 16.4 Å². The van der Waals surface area contributed by atoms with Crippen molar-refractivity contribution < 1.29 is 4.74 Å². The lowest BCUT2D eigenvalue weighted by molar-refractivity contribution is 0.247. The highest BCUT2D eigenvalue weighted by Gasteiger charge is 2.08. The third kappa shape index (κ3) is 2.45. The van der Waals surface area contributed by atoms with Crippen LogP contribution in [0.4, 0.5) is 0 Å². The molecule has 0 aliphatic carbocycles. The Bertz CT molecular complexity index is 268. The molecule has 4 heteroatoms. The zero-order valence-corrected chi connectivity index (χ0v) is 8.45. The Morgan fingerprint density at radius 2 is 2.31 bits per heavy atom. The largest absolute Gasteiger partial charge is 0.477 e. The minimum absolute atomic E-state index is 0.473. The number of aromatic nitrogens is 2. The second-order valence-corrected chi connectivity index (χ2v) is 3.51. The third-order valence-corrected chi connectivity index (χ3v) is 1.73. The summed E-state index contributed by atoms with van der Waals surface area (Å²) in [5.41, 5.74) is 6.50. The van der Waals surface area contributed by atoms with Crippen molar-refractivity contribution in [1.82, 2.24) is 9.78 Å². The minimum Gasteiger partial charge on any atom is -0.477 e. The van der Waals surface area contributed by atoms with Gasteiger partial charge in [-0.3, -0.25) is 0 Å². The predicted octanol–water partition coefficient (Wildman–Crippen LogP) is 0.914. The zero-order valence-electron chi connectivity index (χ0n) is 8.45. The van der Waals surface area contributed by atoms with E-state index in [2.05, 4.69) is 18.9 Å². The lowest BCUT2D eigenvalue weighted by Gasteiger charge is -2.09. The molecule has 0 aromatic carbocycles. The van der Waals surface area contributed by atoms with Crippen LogP contribution in [0, 0.1) is 5.92 Å². The Morgan fingerprint density at radius 1 is 1.62 bits per heavy atom.